The van der Waals surface area contributed by atoms with E-state index in [0.29, 0.717) is 29.3 Å². The Kier molecular flexibility index (Phi) is 4.08. The maximum Gasteiger partial charge on any atom is 0.377 e. The number of nitrogens with zero attached hydrogens (tertiary/aromatic N) is 1. The minimum Gasteiger partial charge on any atom is -0.493 e. The number of thiophene rings is 1. The molecule has 0 aliphatic carbocycles. The minimum absolute atomic E-state index is 0.00865. The predicted molar refractivity (Wildman–Crippen MR) is 84.2 cm³/mol. The smallest absolute Gasteiger partial charge is 0.377 e. The fraction of sp³-hybridized carbons (Fsp3) is 0.400. The molecule has 0 spiro atoms. The molecule has 2 aromatic heterocycles. The van der Waals surface area contributed by atoms with E-state index in [1.165, 1.54) is 17.6 Å². The SMILES string of the molecule is Cc1sc2nc([C@H](C)OC(=O)C3=COCCO3)[nH]c(=O)c2c1C. The van der Waals surface area contributed by atoms with Crippen molar-refractivity contribution in [1.82, 2.24) is 9.97 Å². The van der Waals surface area contributed by atoms with E-state index in [0.717, 1.165) is 10.4 Å². The Bertz CT molecular complexity index is 851. The Morgan fingerprint density at radius 3 is 2.91 bits per heavy atom. The highest BCUT2D eigenvalue weighted by molar-refractivity contribution is 7.18. The maximum atomic E-state index is 12.2. The number of rotatable bonds is 3. The van der Waals surface area contributed by atoms with Crippen LogP contribution in [0.2, 0.25) is 0 Å². The third-order valence-corrected chi connectivity index (χ3v) is 4.68. The first kappa shape index (κ1) is 15.5. The quantitative estimate of drug-likeness (QED) is 0.863. The molecular formula is C15H16N2O5S. The molecule has 3 heterocycles. The zero-order chi connectivity index (χ0) is 16.6. The van der Waals surface area contributed by atoms with Crippen molar-refractivity contribution in [3.05, 3.63) is 38.6 Å². The molecule has 0 aromatic carbocycles. The molecule has 2 aromatic rings. The number of H-pyrrole nitrogens is 1. The molecule has 0 fully saturated rings. The first-order valence-corrected chi connectivity index (χ1v) is 7.94. The summed E-state index contributed by atoms with van der Waals surface area (Å²) in [5.41, 5.74) is 0.694. The van der Waals surface area contributed by atoms with E-state index in [4.69, 9.17) is 14.2 Å². The zero-order valence-electron chi connectivity index (χ0n) is 13.0. The van der Waals surface area contributed by atoms with Crippen LogP contribution in [0.3, 0.4) is 0 Å². The van der Waals surface area contributed by atoms with Crippen LogP contribution in [0.15, 0.2) is 16.8 Å². The molecule has 1 aliphatic rings. The average Bonchev–Trinajstić information content (AvgIpc) is 2.83. The number of hydrogen-bond acceptors (Lipinski definition) is 7. The number of carbonyl (C=O) groups excluding carboxylic acids is 1. The van der Waals surface area contributed by atoms with Gasteiger partial charge in [0.25, 0.3) is 5.56 Å². The summed E-state index contributed by atoms with van der Waals surface area (Å²) in [7, 11) is 0. The predicted octanol–water partition coefficient (Wildman–Crippen LogP) is 2.09. The van der Waals surface area contributed by atoms with Gasteiger partial charge in [-0.05, 0) is 26.3 Å². The van der Waals surface area contributed by atoms with E-state index < -0.39 is 12.1 Å². The zero-order valence-corrected chi connectivity index (χ0v) is 13.8. The number of aromatic nitrogens is 2. The van der Waals surface area contributed by atoms with Crippen LogP contribution < -0.4 is 5.56 Å². The summed E-state index contributed by atoms with van der Waals surface area (Å²) in [6, 6.07) is 0. The Morgan fingerprint density at radius 2 is 2.22 bits per heavy atom. The lowest BCUT2D eigenvalue weighted by molar-refractivity contribution is -0.149. The Balaban J connectivity index is 1.86. The standard InChI is InChI=1S/C15H16N2O5S/c1-7-9(3)23-14-11(7)13(18)16-12(17-14)8(2)22-15(19)10-6-20-4-5-21-10/h6,8H,4-5H2,1-3H3,(H,16,17,18)/t8-/m0/s1. The van der Waals surface area contributed by atoms with E-state index in [2.05, 4.69) is 9.97 Å². The van der Waals surface area contributed by atoms with Crippen LogP contribution in [-0.2, 0) is 19.0 Å². The van der Waals surface area contributed by atoms with Gasteiger partial charge >= 0.3 is 5.97 Å². The maximum absolute atomic E-state index is 12.2. The van der Waals surface area contributed by atoms with Gasteiger partial charge in [0.2, 0.25) is 5.76 Å². The third kappa shape index (κ3) is 2.94. The van der Waals surface area contributed by atoms with Crippen LogP contribution in [0.4, 0.5) is 0 Å². The van der Waals surface area contributed by atoms with Crippen molar-refractivity contribution in [2.75, 3.05) is 13.2 Å². The van der Waals surface area contributed by atoms with Crippen molar-refractivity contribution < 1.29 is 19.0 Å². The number of fused-ring (bicyclic) bond motifs is 1. The Labute approximate surface area is 135 Å². The second-order valence-electron chi connectivity index (χ2n) is 5.16. The van der Waals surface area contributed by atoms with Gasteiger partial charge in [0.15, 0.2) is 11.9 Å². The molecule has 3 rings (SSSR count). The van der Waals surface area contributed by atoms with Crippen molar-refractivity contribution in [3.8, 4) is 0 Å². The van der Waals surface area contributed by atoms with Gasteiger partial charge in [0, 0.05) is 4.88 Å². The van der Waals surface area contributed by atoms with Crippen molar-refractivity contribution in [1.29, 1.82) is 0 Å². The van der Waals surface area contributed by atoms with Crippen molar-refractivity contribution in [3.63, 3.8) is 0 Å². The van der Waals surface area contributed by atoms with E-state index >= 15 is 0 Å². The summed E-state index contributed by atoms with van der Waals surface area (Å²) >= 11 is 1.44. The van der Waals surface area contributed by atoms with Gasteiger partial charge in [-0.15, -0.1) is 11.3 Å². The lowest BCUT2D eigenvalue weighted by Crippen LogP contribution is -2.21. The molecular weight excluding hydrogens is 320 g/mol. The lowest BCUT2D eigenvalue weighted by atomic mass is 10.2. The average molecular weight is 336 g/mol. The minimum atomic E-state index is -0.714. The largest absolute Gasteiger partial charge is 0.493 e. The van der Waals surface area contributed by atoms with Crippen molar-refractivity contribution in [2.24, 2.45) is 0 Å². The molecule has 0 radical (unpaired) electrons. The molecule has 1 aliphatic heterocycles. The van der Waals surface area contributed by atoms with Gasteiger partial charge in [0.05, 0.1) is 5.39 Å². The normalized spacial score (nSPS) is 15.5. The summed E-state index contributed by atoms with van der Waals surface area (Å²) in [6.45, 7) is 6.16. The van der Waals surface area contributed by atoms with Gasteiger partial charge < -0.3 is 19.2 Å². The topological polar surface area (TPSA) is 90.5 Å². The van der Waals surface area contributed by atoms with Crippen molar-refractivity contribution in [2.45, 2.75) is 26.9 Å². The summed E-state index contributed by atoms with van der Waals surface area (Å²) in [4.78, 5) is 33.0. The number of hydrogen-bond donors (Lipinski definition) is 1. The molecule has 8 heteroatoms. The number of aryl methyl sites for hydroxylation is 2. The molecule has 23 heavy (non-hydrogen) atoms. The van der Waals surface area contributed by atoms with Crippen LogP contribution in [0.5, 0.6) is 0 Å². The second-order valence-corrected chi connectivity index (χ2v) is 6.37. The van der Waals surface area contributed by atoms with E-state index in [1.54, 1.807) is 6.92 Å². The Morgan fingerprint density at radius 1 is 1.43 bits per heavy atom. The van der Waals surface area contributed by atoms with E-state index in [9.17, 15) is 9.59 Å². The lowest BCUT2D eigenvalue weighted by Gasteiger charge is -2.17. The highest BCUT2D eigenvalue weighted by atomic mass is 32.1. The number of esters is 1. The number of ether oxygens (including phenoxy) is 3. The molecule has 7 nitrogen and oxygen atoms in total. The molecule has 1 N–H and O–H groups in total. The van der Waals surface area contributed by atoms with Crippen molar-refractivity contribution >= 4 is 27.5 Å². The molecule has 1 atom stereocenters. The molecule has 0 unspecified atom stereocenters. The van der Waals surface area contributed by atoms with Gasteiger partial charge in [-0.1, -0.05) is 0 Å². The second kappa shape index (κ2) is 6.04. The van der Waals surface area contributed by atoms with E-state index in [1.807, 2.05) is 13.8 Å². The van der Waals surface area contributed by atoms with Gasteiger partial charge in [0.1, 0.15) is 24.3 Å². The summed E-state index contributed by atoms with van der Waals surface area (Å²) in [5, 5.41) is 0.585. The first-order valence-electron chi connectivity index (χ1n) is 7.13. The number of nitrogens with one attached hydrogen (secondary N) is 1. The van der Waals surface area contributed by atoms with E-state index in [-0.39, 0.29) is 11.3 Å². The first-order chi connectivity index (χ1) is 11.0. The molecule has 0 saturated carbocycles. The highest BCUT2D eigenvalue weighted by Gasteiger charge is 2.22. The number of carbonyl (C=O) groups is 1. The highest BCUT2D eigenvalue weighted by Crippen LogP contribution is 2.27. The molecule has 0 amide bonds. The fourth-order valence-electron chi connectivity index (χ4n) is 2.21. The van der Waals surface area contributed by atoms with Crippen LogP contribution in [0, 0.1) is 13.8 Å². The summed E-state index contributed by atoms with van der Waals surface area (Å²) < 4.78 is 15.5. The van der Waals surface area contributed by atoms with Crippen LogP contribution in [-0.4, -0.2) is 29.2 Å². The molecule has 0 saturated heterocycles. The van der Waals surface area contributed by atoms with Gasteiger partial charge in [-0.2, -0.15) is 0 Å². The third-order valence-electron chi connectivity index (χ3n) is 3.58. The molecule has 122 valence electrons. The van der Waals surface area contributed by atoms with Crippen LogP contribution >= 0.6 is 11.3 Å². The summed E-state index contributed by atoms with van der Waals surface area (Å²) in [5.74, 6) is -0.345. The molecule has 0 bridgehead atoms. The van der Waals surface area contributed by atoms with Crippen LogP contribution in [0.25, 0.3) is 10.2 Å². The Hall–Kier alpha value is -2.35. The summed E-state index contributed by atoms with van der Waals surface area (Å²) in [6.07, 6.45) is 0.512. The van der Waals surface area contributed by atoms with Gasteiger partial charge in [-0.3, -0.25) is 4.79 Å². The monoisotopic (exact) mass is 336 g/mol. The fourth-order valence-corrected chi connectivity index (χ4v) is 3.25. The number of aromatic amines is 1. The van der Waals surface area contributed by atoms with Gasteiger partial charge in [-0.25, -0.2) is 9.78 Å². The van der Waals surface area contributed by atoms with Crippen LogP contribution in [0.1, 0.15) is 29.3 Å².